The molecule has 0 aliphatic heterocycles. The minimum absolute atomic E-state index is 0.166. The monoisotopic (exact) mass is 273 g/mol. The van der Waals surface area contributed by atoms with Gasteiger partial charge in [0.1, 0.15) is 22.3 Å². The third-order valence-corrected chi connectivity index (χ3v) is 3.15. The van der Waals surface area contributed by atoms with Crippen molar-refractivity contribution in [3.05, 3.63) is 40.9 Å². The van der Waals surface area contributed by atoms with E-state index in [-0.39, 0.29) is 17.4 Å². The highest BCUT2D eigenvalue weighted by molar-refractivity contribution is 7.13. The summed E-state index contributed by atoms with van der Waals surface area (Å²) in [7, 11) is 0. The lowest BCUT2D eigenvalue weighted by Crippen LogP contribution is -2.00. The molecular formula is C11H6ClF2NOS. The highest BCUT2D eigenvalue weighted by atomic mass is 35.5. The molecule has 0 saturated heterocycles. The van der Waals surface area contributed by atoms with Crippen molar-refractivity contribution in [3.63, 3.8) is 0 Å². The third-order valence-electron chi connectivity index (χ3n) is 2.02. The lowest BCUT2D eigenvalue weighted by atomic mass is 10.2. The Morgan fingerprint density at radius 3 is 2.53 bits per heavy atom. The molecule has 0 aliphatic rings. The molecule has 2 nitrogen and oxygen atoms in total. The van der Waals surface area contributed by atoms with E-state index in [2.05, 4.69) is 4.98 Å². The van der Waals surface area contributed by atoms with Crippen molar-refractivity contribution in [3.8, 4) is 10.6 Å². The quantitative estimate of drug-likeness (QED) is 0.633. The van der Waals surface area contributed by atoms with Crippen molar-refractivity contribution < 1.29 is 13.6 Å². The highest BCUT2D eigenvalue weighted by Crippen LogP contribution is 2.25. The van der Waals surface area contributed by atoms with Gasteiger partial charge < -0.3 is 0 Å². The molecule has 2 rings (SSSR count). The molecule has 1 aromatic carbocycles. The summed E-state index contributed by atoms with van der Waals surface area (Å²) in [5, 5.41) is 1.90. The van der Waals surface area contributed by atoms with Crippen molar-refractivity contribution in [2.24, 2.45) is 0 Å². The van der Waals surface area contributed by atoms with Crippen molar-refractivity contribution in [1.82, 2.24) is 4.98 Å². The number of aromatic nitrogens is 1. The zero-order chi connectivity index (χ0) is 12.4. The number of ketones is 1. The fourth-order valence-corrected chi connectivity index (χ4v) is 2.23. The molecular weight excluding hydrogens is 268 g/mol. The van der Waals surface area contributed by atoms with E-state index >= 15 is 0 Å². The van der Waals surface area contributed by atoms with Crippen LogP contribution < -0.4 is 0 Å². The molecule has 0 fully saturated rings. The molecule has 0 aliphatic carbocycles. The third kappa shape index (κ3) is 2.68. The number of hydrogen-bond donors (Lipinski definition) is 0. The Balaban J connectivity index is 2.40. The largest absolute Gasteiger partial charge is 0.291 e. The number of hydrogen-bond acceptors (Lipinski definition) is 3. The van der Waals surface area contributed by atoms with Crippen molar-refractivity contribution in [2.45, 2.75) is 0 Å². The van der Waals surface area contributed by atoms with Gasteiger partial charge in [-0.2, -0.15) is 0 Å². The van der Waals surface area contributed by atoms with E-state index in [0.29, 0.717) is 10.6 Å². The highest BCUT2D eigenvalue weighted by Gasteiger charge is 2.12. The van der Waals surface area contributed by atoms with Gasteiger partial charge in [0.2, 0.25) is 0 Å². The molecule has 1 aromatic heterocycles. The van der Waals surface area contributed by atoms with E-state index in [9.17, 15) is 13.6 Å². The van der Waals surface area contributed by atoms with Crippen molar-refractivity contribution in [2.75, 3.05) is 5.88 Å². The van der Waals surface area contributed by atoms with Gasteiger partial charge in [0.15, 0.2) is 5.78 Å². The van der Waals surface area contributed by atoms with Gasteiger partial charge in [-0.25, -0.2) is 13.8 Å². The fourth-order valence-electron chi connectivity index (χ4n) is 1.28. The second-order valence-corrected chi connectivity index (χ2v) is 4.38. The summed E-state index contributed by atoms with van der Waals surface area (Å²) in [4.78, 5) is 15.2. The number of Topliss-reactive ketones (excluding diaryl/α,β-unsaturated/α-hetero) is 1. The Hall–Kier alpha value is -1.33. The first-order valence-electron chi connectivity index (χ1n) is 4.61. The summed E-state index contributed by atoms with van der Waals surface area (Å²) in [5.74, 6) is -1.84. The maximum Gasteiger partial charge on any atom is 0.196 e. The Kier molecular flexibility index (Phi) is 3.49. The first-order chi connectivity index (χ1) is 8.10. The Labute approximate surface area is 105 Å². The van der Waals surface area contributed by atoms with Crippen LogP contribution >= 0.6 is 22.9 Å². The summed E-state index contributed by atoms with van der Waals surface area (Å²) in [5.41, 5.74) is 0.519. The Bertz CT molecular complexity index is 550. The number of thiazole rings is 1. The number of carbonyl (C=O) groups is 1. The maximum absolute atomic E-state index is 13.0. The number of rotatable bonds is 3. The predicted octanol–water partition coefficient (Wildman–Crippen LogP) is 3.51. The second-order valence-electron chi connectivity index (χ2n) is 3.25. The number of alkyl halides is 1. The van der Waals surface area contributed by atoms with Crippen LogP contribution in [0, 0.1) is 11.6 Å². The average Bonchev–Trinajstić information content (AvgIpc) is 2.76. The first-order valence-corrected chi connectivity index (χ1v) is 6.02. The second kappa shape index (κ2) is 4.89. The Morgan fingerprint density at radius 1 is 1.29 bits per heavy atom. The van der Waals surface area contributed by atoms with Crippen LogP contribution in [0.4, 0.5) is 8.78 Å². The average molecular weight is 274 g/mol. The van der Waals surface area contributed by atoms with Gasteiger partial charge in [-0.05, 0) is 12.1 Å². The molecule has 2 aromatic rings. The summed E-state index contributed by atoms with van der Waals surface area (Å²) in [6, 6.07) is 3.11. The van der Waals surface area contributed by atoms with Crippen LogP contribution in [-0.4, -0.2) is 16.6 Å². The van der Waals surface area contributed by atoms with E-state index in [0.717, 1.165) is 29.5 Å². The van der Waals surface area contributed by atoms with Crippen LogP contribution in [-0.2, 0) is 0 Å². The first kappa shape index (κ1) is 12.1. The topological polar surface area (TPSA) is 30.0 Å². The lowest BCUT2D eigenvalue weighted by molar-refractivity contribution is 0.101. The zero-order valence-corrected chi connectivity index (χ0v) is 9.99. The summed E-state index contributed by atoms with van der Waals surface area (Å²) in [6.45, 7) is 0. The standard InChI is InChI=1S/C11H6ClF2NOS/c12-4-10(16)9-5-17-11(15-9)6-1-7(13)3-8(14)2-6/h1-3,5H,4H2. The molecule has 1 heterocycles. The van der Waals surface area contributed by atoms with Gasteiger partial charge >= 0.3 is 0 Å². The van der Waals surface area contributed by atoms with Gasteiger partial charge in [0.05, 0.1) is 5.88 Å². The smallest absolute Gasteiger partial charge is 0.196 e. The molecule has 0 unspecified atom stereocenters. The molecule has 88 valence electrons. The van der Waals surface area contributed by atoms with E-state index in [1.54, 1.807) is 0 Å². The molecule has 0 atom stereocenters. The van der Waals surface area contributed by atoms with Crippen molar-refractivity contribution in [1.29, 1.82) is 0 Å². The fraction of sp³-hybridized carbons (Fsp3) is 0.0909. The minimum atomic E-state index is -0.680. The molecule has 0 saturated carbocycles. The van der Waals surface area contributed by atoms with Crippen LogP contribution in [0.3, 0.4) is 0 Å². The lowest BCUT2D eigenvalue weighted by Gasteiger charge is -1.97. The number of carbonyl (C=O) groups excluding carboxylic acids is 1. The van der Waals surface area contributed by atoms with Crippen LogP contribution in [0.2, 0.25) is 0 Å². The molecule has 0 bridgehead atoms. The zero-order valence-electron chi connectivity index (χ0n) is 8.41. The molecule has 0 amide bonds. The van der Waals surface area contributed by atoms with Crippen LogP contribution in [0.1, 0.15) is 10.5 Å². The molecule has 17 heavy (non-hydrogen) atoms. The molecule has 0 spiro atoms. The van der Waals surface area contributed by atoms with Gasteiger partial charge in [-0.3, -0.25) is 4.79 Å². The van der Waals surface area contributed by atoms with Crippen LogP contribution in [0.15, 0.2) is 23.6 Å². The van der Waals surface area contributed by atoms with Crippen molar-refractivity contribution >= 4 is 28.7 Å². The van der Waals surface area contributed by atoms with Gasteiger partial charge in [0, 0.05) is 17.0 Å². The van der Waals surface area contributed by atoms with Gasteiger partial charge in [-0.1, -0.05) is 0 Å². The van der Waals surface area contributed by atoms with E-state index in [1.165, 1.54) is 5.38 Å². The Morgan fingerprint density at radius 2 is 1.94 bits per heavy atom. The summed E-state index contributed by atoms with van der Waals surface area (Å²) in [6.07, 6.45) is 0. The SMILES string of the molecule is O=C(CCl)c1csc(-c2cc(F)cc(F)c2)n1. The summed E-state index contributed by atoms with van der Waals surface area (Å²) >= 11 is 6.53. The minimum Gasteiger partial charge on any atom is -0.291 e. The van der Waals surface area contributed by atoms with E-state index in [4.69, 9.17) is 11.6 Å². The summed E-state index contributed by atoms with van der Waals surface area (Å²) < 4.78 is 26.0. The number of halogens is 3. The van der Waals surface area contributed by atoms with E-state index < -0.39 is 11.6 Å². The van der Waals surface area contributed by atoms with Gasteiger partial charge in [-0.15, -0.1) is 22.9 Å². The van der Waals surface area contributed by atoms with Crippen LogP contribution in [0.5, 0.6) is 0 Å². The van der Waals surface area contributed by atoms with Crippen LogP contribution in [0.25, 0.3) is 10.6 Å². The number of nitrogens with zero attached hydrogens (tertiary/aromatic N) is 1. The maximum atomic E-state index is 13.0. The predicted molar refractivity (Wildman–Crippen MR) is 62.5 cm³/mol. The normalized spacial score (nSPS) is 10.5. The number of benzene rings is 1. The molecule has 0 N–H and O–H groups in total. The van der Waals surface area contributed by atoms with E-state index in [1.807, 2.05) is 0 Å². The van der Waals surface area contributed by atoms with Gasteiger partial charge in [0.25, 0.3) is 0 Å². The molecule has 6 heteroatoms. The molecule has 0 radical (unpaired) electrons.